The molecule has 0 spiro atoms. The van der Waals surface area contributed by atoms with E-state index in [1.165, 1.54) is 289 Å². The van der Waals surface area contributed by atoms with Gasteiger partial charge in [-0.25, -0.2) is 0 Å². The van der Waals surface area contributed by atoms with E-state index < -0.39 is 6.10 Å². The second kappa shape index (κ2) is 66.4. The Morgan fingerprint density at radius 2 is 0.468 bits per heavy atom. The smallest absolute Gasteiger partial charge is 0.306 e. The first kappa shape index (κ1) is 74.9. The van der Waals surface area contributed by atoms with Crippen LogP contribution in [0.2, 0.25) is 0 Å². The van der Waals surface area contributed by atoms with E-state index in [2.05, 4.69) is 45.1 Å². The van der Waals surface area contributed by atoms with Crippen LogP contribution in [0.4, 0.5) is 0 Å². The fraction of sp³-hybridized carbons (Fsp3) is 0.901. The molecule has 0 amide bonds. The summed E-state index contributed by atoms with van der Waals surface area (Å²) in [7, 11) is 0. The Hall–Kier alpha value is -2.11. The number of hydrogen-bond acceptors (Lipinski definition) is 6. The lowest BCUT2D eigenvalue weighted by Gasteiger charge is -2.18. The van der Waals surface area contributed by atoms with E-state index >= 15 is 0 Å². The zero-order chi connectivity index (χ0) is 55.7. The molecular formula is C71H134O6. The van der Waals surface area contributed by atoms with Gasteiger partial charge in [0.1, 0.15) is 13.2 Å². The lowest BCUT2D eigenvalue weighted by atomic mass is 10.0. The van der Waals surface area contributed by atoms with Crippen LogP contribution in [-0.4, -0.2) is 37.2 Å². The molecule has 454 valence electrons. The van der Waals surface area contributed by atoms with Gasteiger partial charge in [0.15, 0.2) is 6.10 Å². The summed E-state index contributed by atoms with van der Waals surface area (Å²) < 4.78 is 16.9. The van der Waals surface area contributed by atoms with Crippen LogP contribution < -0.4 is 0 Å². The van der Waals surface area contributed by atoms with Crippen molar-refractivity contribution >= 4 is 17.9 Å². The van der Waals surface area contributed by atoms with Crippen LogP contribution >= 0.6 is 0 Å². The van der Waals surface area contributed by atoms with Gasteiger partial charge in [-0.1, -0.05) is 347 Å². The molecule has 0 saturated heterocycles. The number of hydrogen-bond donors (Lipinski definition) is 0. The Kier molecular flexibility index (Phi) is 64.6. The van der Waals surface area contributed by atoms with E-state index in [0.717, 1.165) is 64.2 Å². The Morgan fingerprint density at radius 3 is 0.740 bits per heavy atom. The minimum Gasteiger partial charge on any atom is -0.462 e. The van der Waals surface area contributed by atoms with Crippen LogP contribution in [0, 0.1) is 0 Å². The third-order valence-electron chi connectivity index (χ3n) is 16.0. The number of esters is 3. The van der Waals surface area contributed by atoms with Crippen molar-refractivity contribution in [1.82, 2.24) is 0 Å². The van der Waals surface area contributed by atoms with Gasteiger partial charge >= 0.3 is 17.9 Å². The average Bonchev–Trinajstić information content (AvgIpc) is 3.43. The fourth-order valence-corrected chi connectivity index (χ4v) is 10.7. The first-order valence-electron chi connectivity index (χ1n) is 34.8. The highest BCUT2D eigenvalue weighted by Crippen LogP contribution is 2.19. The minimum atomic E-state index is -0.769. The molecule has 0 aromatic heterocycles. The molecule has 1 atom stereocenters. The maximum atomic E-state index is 12.9. The molecule has 0 rings (SSSR count). The molecule has 0 bridgehead atoms. The molecule has 0 aromatic rings. The minimum absolute atomic E-state index is 0.0674. The number of ether oxygens (including phenoxy) is 3. The molecular weight excluding hydrogens is 949 g/mol. The summed E-state index contributed by atoms with van der Waals surface area (Å²) in [5, 5.41) is 0. The van der Waals surface area contributed by atoms with Gasteiger partial charge in [0.2, 0.25) is 0 Å². The molecule has 0 saturated carbocycles. The van der Waals surface area contributed by atoms with E-state index in [9.17, 15) is 14.4 Å². The third kappa shape index (κ3) is 64.6. The molecule has 6 heteroatoms. The number of unbranched alkanes of at least 4 members (excludes halogenated alkanes) is 50. The first-order chi connectivity index (χ1) is 38.0. The van der Waals surface area contributed by atoms with Gasteiger partial charge in [-0.15, -0.1) is 0 Å². The highest BCUT2D eigenvalue weighted by atomic mass is 16.6. The molecule has 0 aliphatic rings. The summed E-state index contributed by atoms with van der Waals surface area (Å²) in [5.74, 6) is -0.850. The van der Waals surface area contributed by atoms with E-state index in [1.807, 2.05) is 0 Å². The van der Waals surface area contributed by atoms with Crippen molar-refractivity contribution in [2.24, 2.45) is 0 Å². The number of carbonyl (C=O) groups excluding carboxylic acids is 3. The summed E-state index contributed by atoms with van der Waals surface area (Å²) in [6.45, 7) is 6.65. The molecule has 6 nitrogen and oxygen atoms in total. The van der Waals surface area contributed by atoms with Gasteiger partial charge in [0, 0.05) is 19.3 Å². The Labute approximate surface area is 481 Å². The summed E-state index contributed by atoms with van der Waals surface area (Å²) >= 11 is 0. The predicted molar refractivity (Wildman–Crippen MR) is 335 cm³/mol. The second-order valence-corrected chi connectivity index (χ2v) is 23.8. The summed E-state index contributed by atoms with van der Waals surface area (Å²) in [4.78, 5) is 38.2. The molecule has 0 heterocycles. The largest absolute Gasteiger partial charge is 0.462 e. The van der Waals surface area contributed by atoms with Crippen molar-refractivity contribution < 1.29 is 28.6 Å². The molecule has 1 unspecified atom stereocenters. The van der Waals surface area contributed by atoms with Crippen molar-refractivity contribution in [2.45, 2.75) is 399 Å². The van der Waals surface area contributed by atoms with Crippen LogP contribution in [0.3, 0.4) is 0 Å². The first-order valence-corrected chi connectivity index (χ1v) is 34.8. The number of allylic oxidation sites excluding steroid dienone is 4. The van der Waals surface area contributed by atoms with Crippen LogP contribution in [0.5, 0.6) is 0 Å². The van der Waals surface area contributed by atoms with E-state index in [-0.39, 0.29) is 31.1 Å². The van der Waals surface area contributed by atoms with Crippen molar-refractivity contribution in [3.63, 3.8) is 0 Å². The lowest BCUT2D eigenvalue weighted by molar-refractivity contribution is -0.167. The van der Waals surface area contributed by atoms with Crippen molar-refractivity contribution in [2.75, 3.05) is 13.2 Å². The van der Waals surface area contributed by atoms with Gasteiger partial charge in [-0.3, -0.25) is 14.4 Å². The van der Waals surface area contributed by atoms with Crippen LogP contribution in [0.25, 0.3) is 0 Å². The lowest BCUT2D eigenvalue weighted by Crippen LogP contribution is -2.30. The topological polar surface area (TPSA) is 78.9 Å². The van der Waals surface area contributed by atoms with Gasteiger partial charge in [0.25, 0.3) is 0 Å². The summed E-state index contributed by atoms with van der Waals surface area (Å²) in [6.07, 6.45) is 81.0. The Bertz CT molecular complexity index is 1240. The monoisotopic (exact) mass is 1080 g/mol. The molecule has 0 aliphatic heterocycles. The third-order valence-corrected chi connectivity index (χ3v) is 16.0. The standard InChI is InChI=1S/C71H134O6/c1-4-7-10-13-16-19-21-23-25-27-29-30-31-32-33-34-35-36-37-38-39-40-41-43-44-46-48-50-52-55-58-61-64-70(73)76-67-68(66-75-69(72)63-60-57-54-18-15-12-9-6-3)77-71(74)65-62-59-56-53-51-49-47-45-42-28-26-24-22-20-17-14-11-8-5-2/h17,20,24,26,68H,4-16,18-19,21-23,25,27-67H2,1-3H3/b20-17-,26-24-. The summed E-state index contributed by atoms with van der Waals surface area (Å²) in [6, 6.07) is 0. The van der Waals surface area contributed by atoms with Crippen LogP contribution in [0.1, 0.15) is 393 Å². The molecule has 0 aliphatic carbocycles. The Balaban J connectivity index is 3.99. The van der Waals surface area contributed by atoms with Gasteiger partial charge in [0.05, 0.1) is 0 Å². The highest BCUT2D eigenvalue weighted by molar-refractivity contribution is 5.71. The van der Waals surface area contributed by atoms with E-state index in [0.29, 0.717) is 19.3 Å². The van der Waals surface area contributed by atoms with Crippen LogP contribution in [-0.2, 0) is 28.6 Å². The van der Waals surface area contributed by atoms with Gasteiger partial charge < -0.3 is 14.2 Å². The fourth-order valence-electron chi connectivity index (χ4n) is 10.7. The SMILES string of the molecule is CCCCC/C=C\C/C=C\CCCCCCCCCCCC(=O)OC(COC(=O)CCCCCCCCCC)COC(=O)CCCCCCCCCCCCCCCCCCCCCCCCCCCCCCCCCC. The van der Waals surface area contributed by atoms with Gasteiger partial charge in [-0.05, 0) is 51.4 Å². The van der Waals surface area contributed by atoms with Crippen molar-refractivity contribution in [3.05, 3.63) is 24.3 Å². The summed E-state index contributed by atoms with van der Waals surface area (Å²) in [5.41, 5.74) is 0. The molecule has 0 fully saturated rings. The number of carbonyl (C=O) groups is 3. The second-order valence-electron chi connectivity index (χ2n) is 23.8. The van der Waals surface area contributed by atoms with Crippen molar-refractivity contribution in [3.8, 4) is 0 Å². The number of rotatable bonds is 65. The van der Waals surface area contributed by atoms with E-state index in [4.69, 9.17) is 14.2 Å². The quantitative estimate of drug-likeness (QED) is 0.0261. The predicted octanol–water partition coefficient (Wildman–Crippen LogP) is 23.8. The molecule has 0 aromatic carbocycles. The normalized spacial score (nSPS) is 12.1. The van der Waals surface area contributed by atoms with E-state index in [1.54, 1.807) is 0 Å². The molecule has 0 radical (unpaired) electrons. The average molecular weight is 1080 g/mol. The zero-order valence-electron chi connectivity index (χ0n) is 52.3. The molecule has 77 heavy (non-hydrogen) atoms. The maximum absolute atomic E-state index is 12.9. The van der Waals surface area contributed by atoms with Gasteiger partial charge in [-0.2, -0.15) is 0 Å². The molecule has 0 N–H and O–H groups in total. The maximum Gasteiger partial charge on any atom is 0.306 e. The Morgan fingerprint density at radius 1 is 0.260 bits per heavy atom. The zero-order valence-corrected chi connectivity index (χ0v) is 52.3. The van der Waals surface area contributed by atoms with Crippen molar-refractivity contribution in [1.29, 1.82) is 0 Å². The van der Waals surface area contributed by atoms with Crippen LogP contribution in [0.15, 0.2) is 24.3 Å². The highest BCUT2D eigenvalue weighted by Gasteiger charge is 2.19.